The minimum absolute atomic E-state index is 0.00557. The lowest BCUT2D eigenvalue weighted by Crippen LogP contribution is -2.34. The molecule has 4 nitrogen and oxygen atoms in total. The van der Waals surface area contributed by atoms with Crippen molar-refractivity contribution in [3.8, 4) is 5.75 Å². The highest BCUT2D eigenvalue weighted by atomic mass is 16.5. The van der Waals surface area contributed by atoms with E-state index >= 15 is 0 Å². The van der Waals surface area contributed by atoms with Gasteiger partial charge < -0.3 is 14.7 Å². The maximum absolute atomic E-state index is 12.1. The van der Waals surface area contributed by atoms with Crippen LogP contribution in [0.25, 0.3) is 6.08 Å². The molecule has 0 saturated heterocycles. The molecule has 1 aliphatic carbocycles. The fourth-order valence-electron chi connectivity index (χ4n) is 2.13. The van der Waals surface area contributed by atoms with Gasteiger partial charge >= 0.3 is 0 Å². The molecule has 4 heteroatoms. The van der Waals surface area contributed by atoms with E-state index in [9.17, 15) is 4.79 Å². The molecule has 108 valence electrons. The molecule has 1 aromatic rings. The van der Waals surface area contributed by atoms with Crippen molar-refractivity contribution in [2.75, 3.05) is 19.8 Å². The highest BCUT2D eigenvalue weighted by molar-refractivity contribution is 5.92. The van der Waals surface area contributed by atoms with Crippen molar-refractivity contribution in [2.24, 2.45) is 0 Å². The first kappa shape index (κ1) is 14.6. The van der Waals surface area contributed by atoms with E-state index in [1.807, 2.05) is 31.2 Å². The first-order valence-corrected chi connectivity index (χ1v) is 7.07. The maximum atomic E-state index is 12.1. The summed E-state index contributed by atoms with van der Waals surface area (Å²) < 4.78 is 5.52. The van der Waals surface area contributed by atoms with Crippen LogP contribution in [0, 0.1) is 0 Å². The van der Waals surface area contributed by atoms with E-state index in [0.29, 0.717) is 19.2 Å². The molecule has 1 fully saturated rings. The van der Waals surface area contributed by atoms with Gasteiger partial charge in [-0.2, -0.15) is 0 Å². The minimum Gasteiger partial charge on any atom is -0.493 e. The van der Waals surface area contributed by atoms with Crippen LogP contribution in [0.3, 0.4) is 0 Å². The second kappa shape index (κ2) is 7.10. The lowest BCUT2D eigenvalue weighted by atomic mass is 10.2. The number of hydrogen-bond acceptors (Lipinski definition) is 3. The summed E-state index contributed by atoms with van der Waals surface area (Å²) in [4.78, 5) is 13.9. The number of nitrogens with zero attached hydrogens (tertiary/aromatic N) is 1. The Kier molecular flexibility index (Phi) is 5.18. The van der Waals surface area contributed by atoms with Gasteiger partial charge in [-0.1, -0.05) is 18.2 Å². The topological polar surface area (TPSA) is 49.8 Å². The molecule has 1 aliphatic rings. The predicted octanol–water partition coefficient (Wildman–Crippen LogP) is 2.08. The number of aliphatic hydroxyl groups is 1. The smallest absolute Gasteiger partial charge is 0.246 e. The van der Waals surface area contributed by atoms with Gasteiger partial charge in [0, 0.05) is 24.2 Å². The molecule has 1 N–H and O–H groups in total. The van der Waals surface area contributed by atoms with E-state index in [0.717, 1.165) is 24.2 Å². The molecular formula is C16H21NO3. The lowest BCUT2D eigenvalue weighted by molar-refractivity contribution is -0.127. The zero-order chi connectivity index (χ0) is 14.4. The number of amides is 1. The second-order valence-corrected chi connectivity index (χ2v) is 4.79. The highest BCUT2D eigenvalue weighted by Crippen LogP contribution is 2.27. The Bertz CT molecular complexity index is 480. The number of rotatable bonds is 7. The molecule has 0 aliphatic heterocycles. The monoisotopic (exact) mass is 275 g/mol. The third kappa shape index (κ3) is 3.84. The van der Waals surface area contributed by atoms with Crippen LogP contribution in [0.4, 0.5) is 0 Å². The van der Waals surface area contributed by atoms with Crippen LogP contribution in [-0.4, -0.2) is 41.7 Å². The van der Waals surface area contributed by atoms with Crippen molar-refractivity contribution < 1.29 is 14.6 Å². The summed E-state index contributed by atoms with van der Waals surface area (Å²) in [6.45, 7) is 2.94. The Morgan fingerprint density at radius 3 is 2.85 bits per heavy atom. The van der Waals surface area contributed by atoms with E-state index < -0.39 is 0 Å². The van der Waals surface area contributed by atoms with E-state index in [-0.39, 0.29) is 12.5 Å². The summed E-state index contributed by atoms with van der Waals surface area (Å²) in [5.74, 6) is 0.729. The molecule has 0 atom stereocenters. The van der Waals surface area contributed by atoms with Crippen molar-refractivity contribution in [3.05, 3.63) is 35.9 Å². The Balaban J connectivity index is 2.06. The highest BCUT2D eigenvalue weighted by Gasteiger charge is 2.30. The Morgan fingerprint density at radius 1 is 1.45 bits per heavy atom. The van der Waals surface area contributed by atoms with Gasteiger partial charge in [-0.05, 0) is 31.9 Å². The molecule has 0 radical (unpaired) electrons. The van der Waals surface area contributed by atoms with Gasteiger partial charge in [0.05, 0.1) is 13.2 Å². The van der Waals surface area contributed by atoms with Gasteiger partial charge in [-0.25, -0.2) is 0 Å². The van der Waals surface area contributed by atoms with Crippen LogP contribution in [0.1, 0.15) is 25.3 Å². The fourth-order valence-corrected chi connectivity index (χ4v) is 2.13. The summed E-state index contributed by atoms with van der Waals surface area (Å²) >= 11 is 0. The van der Waals surface area contributed by atoms with Crippen LogP contribution in [0.15, 0.2) is 30.3 Å². The van der Waals surface area contributed by atoms with Crippen molar-refractivity contribution in [1.29, 1.82) is 0 Å². The summed E-state index contributed by atoms with van der Waals surface area (Å²) in [5, 5.41) is 9.02. The van der Waals surface area contributed by atoms with E-state index in [1.165, 1.54) is 0 Å². The summed E-state index contributed by atoms with van der Waals surface area (Å²) in [5.41, 5.74) is 0.891. The molecule has 0 aromatic heterocycles. The average molecular weight is 275 g/mol. The number of benzene rings is 1. The Hall–Kier alpha value is -1.81. The molecule has 2 rings (SSSR count). The summed E-state index contributed by atoms with van der Waals surface area (Å²) in [6, 6.07) is 7.94. The number of hydrogen-bond donors (Lipinski definition) is 1. The zero-order valence-electron chi connectivity index (χ0n) is 11.8. The van der Waals surface area contributed by atoms with Gasteiger partial charge in [0.25, 0.3) is 0 Å². The minimum atomic E-state index is -0.0483. The summed E-state index contributed by atoms with van der Waals surface area (Å²) in [6.07, 6.45) is 5.41. The van der Waals surface area contributed by atoms with Crippen LogP contribution >= 0.6 is 0 Å². The normalized spacial score (nSPS) is 14.5. The van der Waals surface area contributed by atoms with Crippen molar-refractivity contribution in [1.82, 2.24) is 4.90 Å². The quantitative estimate of drug-likeness (QED) is 0.775. The molecule has 0 spiro atoms. The molecule has 20 heavy (non-hydrogen) atoms. The fraction of sp³-hybridized carbons (Fsp3) is 0.438. The van der Waals surface area contributed by atoms with E-state index in [2.05, 4.69) is 0 Å². The number of para-hydroxylation sites is 1. The number of aliphatic hydroxyl groups excluding tert-OH is 1. The average Bonchev–Trinajstić information content (AvgIpc) is 3.28. The molecule has 0 bridgehead atoms. The number of ether oxygens (including phenoxy) is 1. The molecule has 0 heterocycles. The lowest BCUT2D eigenvalue weighted by Gasteiger charge is -2.19. The van der Waals surface area contributed by atoms with E-state index in [1.54, 1.807) is 17.1 Å². The van der Waals surface area contributed by atoms with Crippen molar-refractivity contribution in [3.63, 3.8) is 0 Å². The first-order chi connectivity index (χ1) is 9.76. The second-order valence-electron chi connectivity index (χ2n) is 4.79. The predicted molar refractivity (Wildman–Crippen MR) is 78.5 cm³/mol. The Labute approximate surface area is 119 Å². The number of carbonyl (C=O) groups is 1. The van der Waals surface area contributed by atoms with Crippen molar-refractivity contribution >= 4 is 12.0 Å². The maximum Gasteiger partial charge on any atom is 0.246 e. The van der Waals surface area contributed by atoms with Crippen LogP contribution in [-0.2, 0) is 4.79 Å². The third-order valence-corrected chi connectivity index (χ3v) is 3.24. The largest absolute Gasteiger partial charge is 0.493 e. The third-order valence-electron chi connectivity index (χ3n) is 3.24. The first-order valence-electron chi connectivity index (χ1n) is 7.07. The van der Waals surface area contributed by atoms with Crippen LogP contribution < -0.4 is 4.74 Å². The molecule has 1 saturated carbocycles. The van der Waals surface area contributed by atoms with Gasteiger partial charge in [0.15, 0.2) is 0 Å². The SMILES string of the molecule is CCOc1ccccc1/C=C/C(=O)N(CCO)C1CC1. The van der Waals surface area contributed by atoms with Crippen LogP contribution in [0.5, 0.6) is 5.75 Å². The van der Waals surface area contributed by atoms with Gasteiger partial charge in [-0.3, -0.25) is 4.79 Å². The van der Waals surface area contributed by atoms with Crippen molar-refractivity contribution in [2.45, 2.75) is 25.8 Å². The van der Waals surface area contributed by atoms with Gasteiger partial charge in [0.2, 0.25) is 5.91 Å². The van der Waals surface area contributed by atoms with Crippen LogP contribution in [0.2, 0.25) is 0 Å². The van der Waals surface area contributed by atoms with E-state index in [4.69, 9.17) is 9.84 Å². The van der Waals surface area contributed by atoms with Gasteiger partial charge in [0.1, 0.15) is 5.75 Å². The zero-order valence-corrected chi connectivity index (χ0v) is 11.8. The number of carbonyl (C=O) groups excluding carboxylic acids is 1. The molecule has 1 aromatic carbocycles. The summed E-state index contributed by atoms with van der Waals surface area (Å²) in [7, 11) is 0. The molecular weight excluding hydrogens is 254 g/mol. The molecule has 1 amide bonds. The molecule has 0 unspecified atom stereocenters. The van der Waals surface area contributed by atoms with Gasteiger partial charge in [-0.15, -0.1) is 0 Å². The standard InChI is InChI=1S/C16H21NO3/c1-2-20-15-6-4-3-5-13(15)7-10-16(19)17(11-12-18)14-8-9-14/h3-7,10,14,18H,2,8-9,11-12H2,1H3/b10-7+. The Morgan fingerprint density at radius 2 is 2.20 bits per heavy atom.